The molecular weight excluding hydrogens is 228 g/mol. The Balaban J connectivity index is 2.09. The number of nitrogens with one attached hydrogen (secondary N) is 1. The zero-order chi connectivity index (χ0) is 12.4. The number of ether oxygens (including phenoxy) is 1. The van der Waals surface area contributed by atoms with Gasteiger partial charge in [0.2, 0.25) is 0 Å². The summed E-state index contributed by atoms with van der Waals surface area (Å²) in [5.41, 5.74) is 0.582. The molecule has 2 rings (SSSR count). The first kappa shape index (κ1) is 11.6. The summed E-state index contributed by atoms with van der Waals surface area (Å²) in [5, 5.41) is 31.3. The van der Waals surface area contributed by atoms with Crippen LogP contribution in [0.4, 0.5) is 10.5 Å². The molecule has 1 aliphatic rings. The molecule has 1 amide bonds. The lowest BCUT2D eigenvalue weighted by atomic mass is 10.0. The van der Waals surface area contributed by atoms with Crippen LogP contribution in [0.15, 0.2) is 24.3 Å². The highest BCUT2D eigenvalue weighted by molar-refractivity contribution is 5.69. The summed E-state index contributed by atoms with van der Waals surface area (Å²) < 4.78 is 4.66. The van der Waals surface area contributed by atoms with Crippen LogP contribution in [0.2, 0.25) is 0 Å². The first-order valence-electron chi connectivity index (χ1n) is 4.95. The van der Waals surface area contributed by atoms with Gasteiger partial charge in [0.05, 0.1) is 11.7 Å². The second-order valence-corrected chi connectivity index (χ2v) is 3.66. The van der Waals surface area contributed by atoms with Crippen molar-refractivity contribution in [3.05, 3.63) is 35.0 Å². The first-order valence-corrected chi connectivity index (χ1v) is 4.95. The SMILES string of the molecule is O=C1NC(C(O)c2ccc(N([O-])O)cc2)CO1. The van der Waals surface area contributed by atoms with Gasteiger partial charge in [0, 0.05) is 0 Å². The molecule has 1 saturated heterocycles. The van der Waals surface area contributed by atoms with Crippen molar-refractivity contribution in [2.24, 2.45) is 0 Å². The number of carbonyl (C=O) groups excluding carboxylic acids is 1. The molecular formula is C10H11N2O5-. The molecule has 7 heteroatoms. The summed E-state index contributed by atoms with van der Waals surface area (Å²) in [6, 6.07) is 5.20. The molecule has 17 heavy (non-hydrogen) atoms. The van der Waals surface area contributed by atoms with E-state index in [1.807, 2.05) is 0 Å². The first-order chi connectivity index (χ1) is 8.08. The van der Waals surface area contributed by atoms with E-state index < -0.39 is 18.2 Å². The van der Waals surface area contributed by atoms with Crippen LogP contribution in [-0.2, 0) is 4.74 Å². The van der Waals surface area contributed by atoms with Crippen LogP contribution < -0.4 is 10.5 Å². The summed E-state index contributed by atoms with van der Waals surface area (Å²) in [4.78, 5) is 10.8. The quantitative estimate of drug-likeness (QED) is 0.664. The minimum absolute atomic E-state index is 0.0626. The number of benzene rings is 1. The molecule has 1 heterocycles. The zero-order valence-electron chi connectivity index (χ0n) is 8.74. The van der Waals surface area contributed by atoms with Crippen molar-refractivity contribution in [2.45, 2.75) is 12.1 Å². The van der Waals surface area contributed by atoms with Gasteiger partial charge in [-0.2, -0.15) is 0 Å². The lowest BCUT2D eigenvalue weighted by molar-refractivity contribution is 0.125. The fourth-order valence-electron chi connectivity index (χ4n) is 1.60. The Kier molecular flexibility index (Phi) is 3.14. The highest BCUT2D eigenvalue weighted by atomic mass is 16.8. The summed E-state index contributed by atoms with van der Waals surface area (Å²) in [5.74, 6) is 0. The van der Waals surface area contributed by atoms with Crippen molar-refractivity contribution in [2.75, 3.05) is 11.8 Å². The third-order valence-electron chi connectivity index (χ3n) is 2.53. The molecule has 0 spiro atoms. The minimum atomic E-state index is -0.922. The summed E-state index contributed by atoms with van der Waals surface area (Å²) in [7, 11) is 0. The van der Waals surface area contributed by atoms with Crippen LogP contribution in [0.3, 0.4) is 0 Å². The van der Waals surface area contributed by atoms with Gasteiger partial charge < -0.3 is 25.6 Å². The number of aliphatic hydroxyl groups excluding tert-OH is 1. The second kappa shape index (κ2) is 4.58. The third kappa shape index (κ3) is 2.47. The molecule has 0 saturated carbocycles. The fourth-order valence-corrected chi connectivity index (χ4v) is 1.60. The Morgan fingerprint density at radius 2 is 2.12 bits per heavy atom. The number of hydrogen-bond acceptors (Lipinski definition) is 6. The molecule has 0 radical (unpaired) electrons. The van der Waals surface area contributed by atoms with E-state index in [1.54, 1.807) is 0 Å². The van der Waals surface area contributed by atoms with Gasteiger partial charge in [-0.25, -0.2) is 4.79 Å². The van der Waals surface area contributed by atoms with Crippen LogP contribution in [0.25, 0.3) is 0 Å². The van der Waals surface area contributed by atoms with Crippen molar-refractivity contribution >= 4 is 11.8 Å². The number of hydrogen-bond donors (Lipinski definition) is 3. The van der Waals surface area contributed by atoms with Gasteiger partial charge in [-0.3, -0.25) is 5.21 Å². The number of carbonyl (C=O) groups is 1. The molecule has 1 fully saturated rings. The van der Waals surface area contributed by atoms with Crippen LogP contribution in [0, 0.1) is 5.21 Å². The van der Waals surface area contributed by atoms with Crippen LogP contribution in [-0.4, -0.2) is 29.1 Å². The van der Waals surface area contributed by atoms with E-state index in [4.69, 9.17) is 5.21 Å². The second-order valence-electron chi connectivity index (χ2n) is 3.66. The molecule has 1 aromatic rings. The van der Waals surface area contributed by atoms with E-state index >= 15 is 0 Å². The van der Waals surface area contributed by atoms with E-state index in [1.165, 1.54) is 24.3 Å². The Bertz CT molecular complexity index is 406. The van der Waals surface area contributed by atoms with E-state index in [9.17, 15) is 15.1 Å². The van der Waals surface area contributed by atoms with Gasteiger partial charge in [-0.05, 0) is 17.7 Å². The Hall–Kier alpha value is -1.83. The number of rotatable bonds is 3. The fraction of sp³-hybridized carbons (Fsp3) is 0.300. The number of nitrogens with zero attached hydrogens (tertiary/aromatic N) is 1. The maximum absolute atomic E-state index is 10.8. The van der Waals surface area contributed by atoms with Gasteiger partial charge >= 0.3 is 6.09 Å². The lowest BCUT2D eigenvalue weighted by Gasteiger charge is -2.22. The van der Waals surface area contributed by atoms with E-state index in [-0.39, 0.29) is 17.5 Å². The number of amides is 1. The molecule has 1 aliphatic heterocycles. The maximum atomic E-state index is 10.8. The molecule has 1 aromatic carbocycles. The monoisotopic (exact) mass is 239 g/mol. The van der Waals surface area contributed by atoms with E-state index in [2.05, 4.69) is 10.1 Å². The maximum Gasteiger partial charge on any atom is 0.407 e. The Labute approximate surface area is 96.8 Å². The largest absolute Gasteiger partial charge is 0.733 e. The van der Waals surface area contributed by atoms with Crippen molar-refractivity contribution in [3.63, 3.8) is 0 Å². The van der Waals surface area contributed by atoms with Gasteiger partial charge in [0.1, 0.15) is 12.7 Å². The van der Waals surface area contributed by atoms with Crippen molar-refractivity contribution in [1.82, 2.24) is 5.32 Å². The minimum Gasteiger partial charge on any atom is -0.733 e. The van der Waals surface area contributed by atoms with Crippen LogP contribution in [0.1, 0.15) is 11.7 Å². The topological polar surface area (TPSA) is 105 Å². The van der Waals surface area contributed by atoms with Gasteiger partial charge in [-0.1, -0.05) is 12.1 Å². The Morgan fingerprint density at radius 3 is 2.59 bits per heavy atom. The van der Waals surface area contributed by atoms with Gasteiger partial charge in [0.25, 0.3) is 0 Å². The van der Waals surface area contributed by atoms with Gasteiger partial charge in [-0.15, -0.1) is 0 Å². The number of alkyl carbamates (subject to hydrolysis) is 1. The van der Waals surface area contributed by atoms with Crippen molar-refractivity contribution < 1.29 is 19.8 Å². The molecule has 7 nitrogen and oxygen atoms in total. The smallest absolute Gasteiger partial charge is 0.407 e. The highest BCUT2D eigenvalue weighted by Gasteiger charge is 2.29. The highest BCUT2D eigenvalue weighted by Crippen LogP contribution is 2.22. The van der Waals surface area contributed by atoms with Crippen LogP contribution >= 0.6 is 0 Å². The third-order valence-corrected chi connectivity index (χ3v) is 2.53. The number of anilines is 1. The number of cyclic esters (lactones) is 1. The predicted octanol–water partition coefficient (Wildman–Crippen LogP) is 0.522. The van der Waals surface area contributed by atoms with E-state index in [0.29, 0.717) is 5.56 Å². The zero-order valence-corrected chi connectivity index (χ0v) is 8.74. The molecule has 2 unspecified atom stereocenters. The van der Waals surface area contributed by atoms with Crippen LogP contribution in [0.5, 0.6) is 0 Å². The predicted molar refractivity (Wildman–Crippen MR) is 57.3 cm³/mol. The molecule has 0 aromatic heterocycles. The molecule has 3 N–H and O–H groups in total. The molecule has 0 aliphatic carbocycles. The van der Waals surface area contributed by atoms with Crippen molar-refractivity contribution in [1.29, 1.82) is 0 Å². The average Bonchev–Trinajstić information content (AvgIpc) is 2.75. The lowest BCUT2D eigenvalue weighted by Crippen LogP contribution is -2.32. The molecule has 0 bridgehead atoms. The summed E-state index contributed by atoms with van der Waals surface area (Å²) in [6.07, 6.45) is -1.49. The molecule has 92 valence electrons. The van der Waals surface area contributed by atoms with E-state index in [0.717, 1.165) is 0 Å². The standard InChI is InChI=1S/C10H11N2O5/c13-9(8-5-17-10(14)11-8)6-1-3-7(4-2-6)12(15)16/h1-4,8-9,13,15H,5H2,(H,11,14)/q-1. The Morgan fingerprint density at radius 1 is 1.47 bits per heavy atom. The summed E-state index contributed by atoms with van der Waals surface area (Å²) in [6.45, 7) is 0.0927. The number of aliphatic hydroxyl groups is 1. The summed E-state index contributed by atoms with van der Waals surface area (Å²) >= 11 is 0. The molecule has 2 atom stereocenters. The van der Waals surface area contributed by atoms with Gasteiger partial charge in [0.15, 0.2) is 0 Å². The average molecular weight is 239 g/mol. The van der Waals surface area contributed by atoms with Crippen molar-refractivity contribution in [3.8, 4) is 0 Å². The normalized spacial score (nSPS) is 20.6.